The van der Waals surface area contributed by atoms with E-state index in [1.54, 1.807) is 6.26 Å². The van der Waals surface area contributed by atoms with E-state index in [0.29, 0.717) is 25.7 Å². The summed E-state index contributed by atoms with van der Waals surface area (Å²) >= 11 is 0. The zero-order chi connectivity index (χ0) is 25.2. The van der Waals surface area contributed by atoms with Crippen molar-refractivity contribution >= 4 is 17.9 Å². The fourth-order valence-electron chi connectivity index (χ4n) is 4.95. The third-order valence-corrected chi connectivity index (χ3v) is 6.62. The highest BCUT2D eigenvalue weighted by atomic mass is 16.7. The SMILES string of the molecule is C=C1C[C@@H](OC(C)=O)/C=C(\C)CC[C@@H]2C([C@H](C[C@H]3OC3(C)C)OC(C)=O)=CO[C@H](OC(C)=O)[C@H]12. The monoisotopic (exact) mass is 476 g/mol. The maximum Gasteiger partial charge on any atom is 0.305 e. The second-order valence-electron chi connectivity index (χ2n) is 9.97. The minimum Gasteiger partial charge on any atom is -0.462 e. The third kappa shape index (κ3) is 6.50. The zero-order valence-electron chi connectivity index (χ0n) is 20.9. The number of esters is 3. The van der Waals surface area contributed by atoms with E-state index in [4.69, 9.17) is 23.7 Å². The van der Waals surface area contributed by atoms with Gasteiger partial charge in [0.2, 0.25) is 6.29 Å². The van der Waals surface area contributed by atoms with Gasteiger partial charge in [-0.3, -0.25) is 14.4 Å². The largest absolute Gasteiger partial charge is 0.462 e. The van der Waals surface area contributed by atoms with Crippen LogP contribution < -0.4 is 0 Å². The molecule has 0 saturated carbocycles. The lowest BCUT2D eigenvalue weighted by atomic mass is 9.74. The van der Waals surface area contributed by atoms with Gasteiger partial charge in [-0.05, 0) is 39.7 Å². The van der Waals surface area contributed by atoms with Gasteiger partial charge in [0.1, 0.15) is 12.2 Å². The van der Waals surface area contributed by atoms with Gasteiger partial charge in [-0.1, -0.05) is 17.7 Å². The molecule has 0 radical (unpaired) electrons. The number of rotatable bonds is 6. The molecule has 0 amide bonds. The zero-order valence-corrected chi connectivity index (χ0v) is 20.9. The summed E-state index contributed by atoms with van der Waals surface area (Å²) in [6, 6.07) is 0. The molecule has 0 aromatic carbocycles. The molecule has 0 spiro atoms. The summed E-state index contributed by atoms with van der Waals surface area (Å²) in [6.45, 7) is 14.4. The summed E-state index contributed by atoms with van der Waals surface area (Å²) in [7, 11) is 0. The molecule has 0 N–H and O–H groups in total. The van der Waals surface area contributed by atoms with Crippen LogP contribution in [-0.4, -0.2) is 48.1 Å². The van der Waals surface area contributed by atoms with Crippen LogP contribution in [0.15, 0.2) is 35.6 Å². The molecule has 1 fully saturated rings. The normalized spacial score (nSPS) is 32.6. The summed E-state index contributed by atoms with van der Waals surface area (Å²) in [6.07, 6.45) is 3.86. The summed E-state index contributed by atoms with van der Waals surface area (Å²) < 4.78 is 28.5. The molecule has 34 heavy (non-hydrogen) atoms. The number of allylic oxidation sites excluding steroid dienone is 1. The number of carbonyl (C=O) groups is 3. The first-order valence-corrected chi connectivity index (χ1v) is 11.8. The molecular formula is C26H36O8. The van der Waals surface area contributed by atoms with Gasteiger partial charge in [0.15, 0.2) is 0 Å². The van der Waals surface area contributed by atoms with Crippen LogP contribution in [0, 0.1) is 11.8 Å². The second kappa shape index (κ2) is 10.3. The summed E-state index contributed by atoms with van der Waals surface area (Å²) in [5.41, 5.74) is 2.36. The molecule has 0 aromatic rings. The first-order valence-electron chi connectivity index (χ1n) is 11.8. The van der Waals surface area contributed by atoms with Crippen molar-refractivity contribution in [2.75, 3.05) is 0 Å². The van der Waals surface area contributed by atoms with Crippen molar-refractivity contribution in [3.8, 4) is 0 Å². The highest BCUT2D eigenvalue weighted by molar-refractivity contribution is 5.67. The lowest BCUT2D eigenvalue weighted by molar-refractivity contribution is -0.181. The van der Waals surface area contributed by atoms with Crippen molar-refractivity contribution in [2.45, 2.75) is 97.4 Å². The lowest BCUT2D eigenvalue weighted by Gasteiger charge is -2.40. The minimum absolute atomic E-state index is 0.0445. The molecule has 1 aliphatic carbocycles. The van der Waals surface area contributed by atoms with Gasteiger partial charge in [0.05, 0.1) is 23.9 Å². The van der Waals surface area contributed by atoms with Gasteiger partial charge in [-0.15, -0.1) is 0 Å². The average Bonchev–Trinajstić information content (AvgIpc) is 3.27. The Morgan fingerprint density at radius 3 is 2.35 bits per heavy atom. The molecule has 0 unspecified atom stereocenters. The Balaban J connectivity index is 1.97. The Hall–Kier alpha value is -2.61. The molecule has 2 heterocycles. The molecule has 3 aliphatic rings. The molecule has 6 atom stereocenters. The van der Waals surface area contributed by atoms with E-state index in [9.17, 15) is 14.4 Å². The highest BCUT2D eigenvalue weighted by Crippen LogP contribution is 2.46. The van der Waals surface area contributed by atoms with Gasteiger partial charge in [-0.2, -0.15) is 0 Å². The van der Waals surface area contributed by atoms with Crippen LogP contribution in [0.3, 0.4) is 0 Å². The smallest absolute Gasteiger partial charge is 0.305 e. The molecule has 8 nitrogen and oxygen atoms in total. The number of epoxide rings is 1. The highest BCUT2D eigenvalue weighted by Gasteiger charge is 2.51. The number of hydrogen-bond acceptors (Lipinski definition) is 8. The summed E-state index contributed by atoms with van der Waals surface area (Å²) in [5, 5.41) is 0. The van der Waals surface area contributed by atoms with Crippen LogP contribution >= 0.6 is 0 Å². The third-order valence-electron chi connectivity index (χ3n) is 6.62. The Bertz CT molecular complexity index is 898. The number of hydrogen-bond donors (Lipinski definition) is 0. The maximum atomic E-state index is 12.0. The number of carbonyl (C=O) groups excluding carboxylic acids is 3. The Labute approximate surface area is 201 Å². The van der Waals surface area contributed by atoms with E-state index in [1.165, 1.54) is 20.8 Å². The average molecular weight is 477 g/mol. The summed E-state index contributed by atoms with van der Waals surface area (Å²) in [4.78, 5) is 35.5. The van der Waals surface area contributed by atoms with Crippen molar-refractivity contribution in [1.29, 1.82) is 0 Å². The van der Waals surface area contributed by atoms with E-state index in [2.05, 4.69) is 6.58 Å². The fraction of sp³-hybridized carbons (Fsp3) is 0.654. The van der Waals surface area contributed by atoms with Crippen LogP contribution in [0.25, 0.3) is 0 Å². The topological polar surface area (TPSA) is 101 Å². The molecule has 0 aromatic heterocycles. The Kier molecular flexibility index (Phi) is 7.91. The first kappa shape index (κ1) is 26.0. The van der Waals surface area contributed by atoms with Gasteiger partial charge in [0, 0.05) is 45.1 Å². The molecule has 1 saturated heterocycles. The first-order chi connectivity index (χ1) is 15.9. The maximum absolute atomic E-state index is 12.0. The Morgan fingerprint density at radius 1 is 1.15 bits per heavy atom. The second-order valence-corrected chi connectivity index (χ2v) is 9.97. The van der Waals surface area contributed by atoms with Crippen molar-refractivity contribution in [3.63, 3.8) is 0 Å². The van der Waals surface area contributed by atoms with Crippen molar-refractivity contribution < 1.29 is 38.1 Å². The van der Waals surface area contributed by atoms with E-state index in [-0.39, 0.29) is 23.6 Å². The predicted octanol–water partition coefficient (Wildman–Crippen LogP) is 4.14. The van der Waals surface area contributed by atoms with Crippen molar-refractivity contribution in [3.05, 3.63) is 35.6 Å². The van der Waals surface area contributed by atoms with Gasteiger partial charge < -0.3 is 23.7 Å². The molecule has 2 aliphatic heterocycles. The van der Waals surface area contributed by atoms with Crippen molar-refractivity contribution in [1.82, 2.24) is 0 Å². The van der Waals surface area contributed by atoms with Gasteiger partial charge in [-0.25, -0.2) is 0 Å². The van der Waals surface area contributed by atoms with Crippen LogP contribution in [0.2, 0.25) is 0 Å². The van der Waals surface area contributed by atoms with E-state index in [1.807, 2.05) is 26.8 Å². The quantitative estimate of drug-likeness (QED) is 0.244. The van der Waals surface area contributed by atoms with E-state index < -0.39 is 36.4 Å². The van der Waals surface area contributed by atoms with Crippen LogP contribution in [-0.2, 0) is 38.1 Å². The lowest BCUT2D eigenvalue weighted by Crippen LogP contribution is -2.42. The van der Waals surface area contributed by atoms with Crippen LogP contribution in [0.4, 0.5) is 0 Å². The minimum atomic E-state index is -0.873. The van der Waals surface area contributed by atoms with Gasteiger partial charge in [0.25, 0.3) is 0 Å². The van der Waals surface area contributed by atoms with E-state index in [0.717, 1.165) is 16.7 Å². The molecule has 0 bridgehead atoms. The molecule has 8 heteroatoms. The van der Waals surface area contributed by atoms with E-state index >= 15 is 0 Å². The molecular weight excluding hydrogens is 440 g/mol. The number of fused-ring (bicyclic) bond motifs is 1. The van der Waals surface area contributed by atoms with Crippen LogP contribution in [0.1, 0.15) is 67.2 Å². The van der Waals surface area contributed by atoms with Gasteiger partial charge >= 0.3 is 17.9 Å². The Morgan fingerprint density at radius 2 is 1.79 bits per heavy atom. The molecule has 3 rings (SSSR count). The summed E-state index contributed by atoms with van der Waals surface area (Å²) in [5.74, 6) is -1.79. The van der Waals surface area contributed by atoms with Crippen molar-refractivity contribution in [2.24, 2.45) is 11.8 Å². The number of ether oxygens (including phenoxy) is 5. The standard InChI is InChI=1S/C26H36O8/c1-14-8-9-20-21(22(32-17(4)28)12-23-26(6,7)34-23)13-30-25(33-18(5)29)24(20)15(2)11-19(10-14)31-16(3)27/h10,13,19-20,22-25H,2,8-9,11-12H2,1,3-7H3/b14-10+/t19-,20+,22-,23+,24+,25+/m0/s1. The predicted molar refractivity (Wildman–Crippen MR) is 123 cm³/mol. The fourth-order valence-corrected chi connectivity index (χ4v) is 4.95. The molecule has 188 valence electrons. The van der Waals surface area contributed by atoms with Crippen LogP contribution in [0.5, 0.6) is 0 Å².